The van der Waals surface area contributed by atoms with Gasteiger partial charge < -0.3 is 9.47 Å². The second-order valence-electron chi connectivity index (χ2n) is 5.67. The Kier molecular flexibility index (Phi) is 5.13. The molecule has 1 unspecified atom stereocenters. The van der Waals surface area contributed by atoms with Gasteiger partial charge in [0.25, 0.3) is 5.91 Å². The molecule has 0 bridgehead atoms. The van der Waals surface area contributed by atoms with Crippen LogP contribution >= 0.6 is 0 Å². The van der Waals surface area contributed by atoms with Gasteiger partial charge in [-0.15, -0.1) is 0 Å². The van der Waals surface area contributed by atoms with Crippen LogP contribution in [0.5, 0.6) is 17.4 Å². The molecule has 1 heterocycles. The molecule has 3 rings (SSSR count). The number of hydrogen-bond acceptors (Lipinski definition) is 6. The first-order valence-corrected chi connectivity index (χ1v) is 8.00. The van der Waals surface area contributed by atoms with Crippen LogP contribution in [0.1, 0.15) is 6.92 Å². The van der Waals surface area contributed by atoms with E-state index in [2.05, 4.69) is 9.97 Å². The lowest BCUT2D eigenvalue weighted by molar-refractivity contribution is -0.133. The highest BCUT2D eigenvalue weighted by Gasteiger charge is 2.18. The molecule has 27 heavy (non-hydrogen) atoms. The number of carbonyl (C=O) groups excluding carboxylic acids is 1. The molecule has 3 aromatic rings. The Morgan fingerprint density at radius 1 is 1.19 bits per heavy atom. The normalized spacial score (nSPS) is 11.5. The first kappa shape index (κ1) is 18.1. The van der Waals surface area contributed by atoms with E-state index in [9.17, 15) is 9.18 Å². The average Bonchev–Trinajstić information content (AvgIpc) is 2.68. The van der Waals surface area contributed by atoms with Crippen LogP contribution in [0.2, 0.25) is 0 Å². The van der Waals surface area contributed by atoms with E-state index in [1.165, 1.54) is 31.4 Å². The molecule has 7 nitrogen and oxygen atoms in total. The Morgan fingerprint density at radius 2 is 1.89 bits per heavy atom. The maximum Gasteiger partial charge on any atom is 0.276 e. The summed E-state index contributed by atoms with van der Waals surface area (Å²) >= 11 is 0. The monoisotopic (exact) mass is 366 g/mol. The van der Waals surface area contributed by atoms with Gasteiger partial charge in [0.05, 0.1) is 17.2 Å². The summed E-state index contributed by atoms with van der Waals surface area (Å²) in [5, 5.41) is 8.73. The summed E-state index contributed by atoms with van der Waals surface area (Å²) in [7, 11) is 1.37. The molecule has 8 heteroatoms. The van der Waals surface area contributed by atoms with E-state index in [-0.39, 0.29) is 11.7 Å². The molecule has 1 amide bonds. The van der Waals surface area contributed by atoms with Crippen LogP contribution in [0.15, 0.2) is 48.7 Å². The van der Waals surface area contributed by atoms with E-state index in [0.29, 0.717) is 22.5 Å². The second-order valence-corrected chi connectivity index (χ2v) is 5.67. The maximum atomic E-state index is 13.2. The minimum Gasteiger partial charge on any atom is -0.481 e. The SMILES string of the molecule is CC(Oc1ccc(Oc2cnc3cc(F)ccc3n2)cc1)C(=O)N(C)C#N. The third-order valence-electron chi connectivity index (χ3n) is 3.67. The molecule has 0 aliphatic carbocycles. The Bertz CT molecular complexity index is 1020. The lowest BCUT2D eigenvalue weighted by atomic mass is 10.3. The summed E-state index contributed by atoms with van der Waals surface area (Å²) in [5.41, 5.74) is 0.954. The van der Waals surface area contributed by atoms with Crippen molar-refractivity contribution in [1.29, 1.82) is 5.26 Å². The quantitative estimate of drug-likeness (QED) is 0.509. The highest BCUT2D eigenvalue weighted by molar-refractivity contribution is 5.81. The van der Waals surface area contributed by atoms with Gasteiger partial charge in [-0.3, -0.25) is 4.79 Å². The Balaban J connectivity index is 1.68. The summed E-state index contributed by atoms with van der Waals surface area (Å²) in [6.07, 6.45) is 2.34. The molecular formula is C19H15FN4O3. The van der Waals surface area contributed by atoms with E-state index in [0.717, 1.165) is 4.90 Å². The van der Waals surface area contributed by atoms with Crippen molar-refractivity contribution in [2.24, 2.45) is 0 Å². The van der Waals surface area contributed by atoms with Crippen LogP contribution in [-0.2, 0) is 4.79 Å². The maximum absolute atomic E-state index is 13.2. The molecule has 0 spiro atoms. The third-order valence-corrected chi connectivity index (χ3v) is 3.67. The minimum absolute atomic E-state index is 0.266. The van der Waals surface area contributed by atoms with E-state index >= 15 is 0 Å². The number of hydrogen-bond donors (Lipinski definition) is 0. The zero-order valence-corrected chi connectivity index (χ0v) is 14.6. The van der Waals surface area contributed by atoms with Gasteiger partial charge in [0.2, 0.25) is 5.88 Å². The van der Waals surface area contributed by atoms with Gasteiger partial charge in [-0.2, -0.15) is 5.26 Å². The number of carbonyl (C=O) groups is 1. The van der Waals surface area contributed by atoms with Crippen molar-refractivity contribution in [2.75, 3.05) is 7.05 Å². The Morgan fingerprint density at radius 3 is 2.59 bits per heavy atom. The number of nitriles is 1. The first-order valence-electron chi connectivity index (χ1n) is 8.00. The molecule has 0 N–H and O–H groups in total. The summed E-state index contributed by atoms with van der Waals surface area (Å²) in [6, 6.07) is 10.7. The van der Waals surface area contributed by atoms with Crippen molar-refractivity contribution in [3.8, 4) is 23.6 Å². The number of rotatable bonds is 5. The predicted molar refractivity (Wildman–Crippen MR) is 94.5 cm³/mol. The van der Waals surface area contributed by atoms with Gasteiger partial charge in [-0.25, -0.2) is 19.3 Å². The summed E-state index contributed by atoms with van der Waals surface area (Å²) in [4.78, 5) is 21.1. The second kappa shape index (κ2) is 7.66. The summed E-state index contributed by atoms with van der Waals surface area (Å²) < 4.78 is 24.3. The van der Waals surface area contributed by atoms with Gasteiger partial charge in [0, 0.05) is 13.1 Å². The van der Waals surface area contributed by atoms with Gasteiger partial charge in [0.15, 0.2) is 12.3 Å². The first-order chi connectivity index (χ1) is 13.0. The molecular weight excluding hydrogens is 351 g/mol. The number of ether oxygens (including phenoxy) is 2. The molecule has 136 valence electrons. The van der Waals surface area contributed by atoms with Crippen LogP contribution in [0.3, 0.4) is 0 Å². The van der Waals surface area contributed by atoms with Crippen LogP contribution in [-0.4, -0.2) is 33.9 Å². The molecule has 1 atom stereocenters. The molecule has 0 radical (unpaired) electrons. The largest absolute Gasteiger partial charge is 0.481 e. The Hall–Kier alpha value is -3.73. The Labute approximate surface area is 154 Å². The van der Waals surface area contributed by atoms with E-state index < -0.39 is 12.0 Å². The fourth-order valence-electron chi connectivity index (χ4n) is 2.30. The van der Waals surface area contributed by atoms with Crippen LogP contribution in [0.4, 0.5) is 4.39 Å². The summed E-state index contributed by atoms with van der Waals surface area (Å²) in [5.74, 6) is 0.387. The lowest BCUT2D eigenvalue weighted by Gasteiger charge is -2.16. The fourth-order valence-corrected chi connectivity index (χ4v) is 2.30. The molecule has 0 aliphatic heterocycles. The number of likely N-dealkylation sites (N-methyl/N-ethyl adjacent to an activating group) is 1. The zero-order valence-electron chi connectivity index (χ0n) is 14.6. The average molecular weight is 366 g/mol. The van der Waals surface area contributed by atoms with E-state index in [4.69, 9.17) is 14.7 Å². The van der Waals surface area contributed by atoms with Gasteiger partial charge in [0.1, 0.15) is 17.3 Å². The van der Waals surface area contributed by atoms with Crippen molar-refractivity contribution in [3.63, 3.8) is 0 Å². The molecule has 2 aromatic carbocycles. The number of nitrogens with zero attached hydrogens (tertiary/aromatic N) is 4. The third kappa shape index (κ3) is 4.27. The van der Waals surface area contributed by atoms with Gasteiger partial charge in [-0.05, 0) is 43.3 Å². The standard InChI is InChI=1S/C19H15FN4O3/c1-12(19(25)24(2)11-21)26-14-4-6-15(7-5-14)27-18-10-22-17-9-13(20)3-8-16(17)23-18/h3-10,12H,1-2H3. The van der Waals surface area contributed by atoms with Crippen molar-refractivity contribution >= 4 is 16.9 Å². The number of aromatic nitrogens is 2. The topological polar surface area (TPSA) is 88.3 Å². The van der Waals surface area contributed by atoms with Crippen molar-refractivity contribution in [3.05, 3.63) is 54.5 Å². The van der Waals surface area contributed by atoms with Crippen LogP contribution < -0.4 is 9.47 Å². The molecule has 1 aromatic heterocycles. The molecule has 0 aliphatic rings. The number of halogens is 1. The minimum atomic E-state index is -0.798. The fraction of sp³-hybridized carbons (Fsp3) is 0.158. The number of fused-ring (bicyclic) bond motifs is 1. The number of benzene rings is 2. The number of amides is 1. The van der Waals surface area contributed by atoms with E-state index in [1.54, 1.807) is 37.4 Å². The lowest BCUT2D eigenvalue weighted by Crippen LogP contribution is -2.35. The summed E-state index contributed by atoms with van der Waals surface area (Å²) in [6.45, 7) is 1.56. The highest BCUT2D eigenvalue weighted by atomic mass is 19.1. The molecule has 0 saturated carbocycles. The van der Waals surface area contributed by atoms with Crippen LogP contribution in [0, 0.1) is 17.3 Å². The highest BCUT2D eigenvalue weighted by Crippen LogP contribution is 2.24. The van der Waals surface area contributed by atoms with Gasteiger partial charge >= 0.3 is 0 Å². The zero-order chi connectivity index (χ0) is 19.4. The van der Waals surface area contributed by atoms with Crippen molar-refractivity contribution in [2.45, 2.75) is 13.0 Å². The molecule has 0 saturated heterocycles. The molecule has 0 fully saturated rings. The smallest absolute Gasteiger partial charge is 0.276 e. The van der Waals surface area contributed by atoms with Crippen molar-refractivity contribution < 1.29 is 18.7 Å². The van der Waals surface area contributed by atoms with Gasteiger partial charge in [-0.1, -0.05) is 0 Å². The predicted octanol–water partition coefficient (Wildman–Crippen LogP) is 3.27. The van der Waals surface area contributed by atoms with E-state index in [1.807, 2.05) is 0 Å². The van der Waals surface area contributed by atoms with Crippen molar-refractivity contribution in [1.82, 2.24) is 14.9 Å². The van der Waals surface area contributed by atoms with Crippen LogP contribution in [0.25, 0.3) is 11.0 Å².